The molecule has 0 fully saturated rings. The van der Waals surface area contributed by atoms with E-state index in [2.05, 4.69) is 9.97 Å². The van der Waals surface area contributed by atoms with Gasteiger partial charge in [0, 0.05) is 6.20 Å². The van der Waals surface area contributed by atoms with Gasteiger partial charge < -0.3 is 10.3 Å². The van der Waals surface area contributed by atoms with Gasteiger partial charge in [0.25, 0.3) is 0 Å². The maximum absolute atomic E-state index is 8.94. The Morgan fingerprint density at radius 2 is 2.06 bits per heavy atom. The molecule has 0 radical (unpaired) electrons. The van der Waals surface area contributed by atoms with E-state index in [1.54, 1.807) is 16.8 Å². The van der Waals surface area contributed by atoms with E-state index in [4.69, 9.17) is 16.3 Å². The van der Waals surface area contributed by atoms with Crippen molar-refractivity contribution >= 4 is 5.82 Å². The van der Waals surface area contributed by atoms with Crippen molar-refractivity contribution in [2.24, 2.45) is 0 Å². The van der Waals surface area contributed by atoms with Gasteiger partial charge in [0.1, 0.15) is 18.0 Å². The molecule has 0 saturated carbocycles. The maximum atomic E-state index is 8.94. The zero-order chi connectivity index (χ0) is 12.3. The Morgan fingerprint density at radius 1 is 1.24 bits per heavy atom. The number of imidazole rings is 1. The number of anilines is 1. The van der Waals surface area contributed by atoms with Crippen LogP contribution in [-0.2, 0) is 6.54 Å². The molecule has 0 saturated heterocycles. The van der Waals surface area contributed by atoms with Gasteiger partial charge in [-0.2, -0.15) is 10.5 Å². The van der Waals surface area contributed by atoms with Gasteiger partial charge in [0.2, 0.25) is 0 Å². The predicted molar refractivity (Wildman–Crippen MR) is 59.4 cm³/mol. The van der Waals surface area contributed by atoms with E-state index in [-0.39, 0.29) is 11.4 Å². The number of nitrogen functional groups attached to an aromatic ring is 1. The first-order valence-corrected chi connectivity index (χ1v) is 4.80. The average Bonchev–Trinajstić information content (AvgIpc) is 2.74. The zero-order valence-corrected chi connectivity index (χ0v) is 8.83. The minimum atomic E-state index is 0.135. The van der Waals surface area contributed by atoms with Crippen LogP contribution in [0.1, 0.15) is 17.0 Å². The summed E-state index contributed by atoms with van der Waals surface area (Å²) < 4.78 is 1.60. The molecule has 0 unspecified atom stereocenters. The number of rotatable bonds is 2. The highest BCUT2D eigenvalue weighted by Crippen LogP contribution is 2.09. The quantitative estimate of drug-likeness (QED) is 0.806. The Morgan fingerprint density at radius 3 is 2.65 bits per heavy atom. The second kappa shape index (κ2) is 4.33. The van der Waals surface area contributed by atoms with Crippen LogP contribution in [0.2, 0.25) is 0 Å². The summed E-state index contributed by atoms with van der Waals surface area (Å²) in [5, 5.41) is 17.7. The predicted octanol–water partition coefficient (Wildman–Crippen LogP) is 0.652. The molecule has 6 heteroatoms. The van der Waals surface area contributed by atoms with E-state index >= 15 is 0 Å². The van der Waals surface area contributed by atoms with Gasteiger partial charge in [-0.1, -0.05) is 6.07 Å². The highest BCUT2D eigenvalue weighted by molar-refractivity contribution is 5.37. The fourth-order valence-electron chi connectivity index (χ4n) is 1.43. The fourth-order valence-corrected chi connectivity index (χ4v) is 1.43. The van der Waals surface area contributed by atoms with Crippen LogP contribution in [0, 0.1) is 22.7 Å². The molecule has 0 aliphatic heterocycles. The second-order valence-corrected chi connectivity index (χ2v) is 3.38. The smallest absolute Gasteiger partial charge is 0.176 e. The van der Waals surface area contributed by atoms with Gasteiger partial charge >= 0.3 is 0 Å². The van der Waals surface area contributed by atoms with Crippen molar-refractivity contribution in [3.63, 3.8) is 0 Å². The SMILES string of the molecule is N#Cc1ncn(Cc2ccc(N)nc2)c1C#N. The summed E-state index contributed by atoms with van der Waals surface area (Å²) in [6.07, 6.45) is 3.09. The lowest BCUT2D eigenvalue weighted by atomic mass is 10.2. The van der Waals surface area contributed by atoms with Gasteiger partial charge in [-0.15, -0.1) is 0 Å². The minimum absolute atomic E-state index is 0.135. The van der Waals surface area contributed by atoms with Crippen LogP contribution < -0.4 is 5.73 Å². The first-order valence-electron chi connectivity index (χ1n) is 4.80. The normalized spacial score (nSPS) is 9.53. The minimum Gasteiger partial charge on any atom is -0.384 e. The third-order valence-corrected chi connectivity index (χ3v) is 2.25. The van der Waals surface area contributed by atoms with Gasteiger partial charge in [0.15, 0.2) is 11.4 Å². The second-order valence-electron chi connectivity index (χ2n) is 3.38. The standard InChI is InChI=1S/C11H8N6/c12-3-9-10(4-13)17(7-16-9)6-8-1-2-11(14)15-5-8/h1-2,5,7H,6H2,(H2,14,15). The Bertz CT molecular complexity index is 611. The monoisotopic (exact) mass is 224 g/mol. The number of aromatic nitrogens is 3. The molecule has 6 nitrogen and oxygen atoms in total. The van der Waals surface area contributed by atoms with Crippen molar-refractivity contribution in [2.45, 2.75) is 6.54 Å². The summed E-state index contributed by atoms with van der Waals surface area (Å²) in [5.74, 6) is 0.442. The lowest BCUT2D eigenvalue weighted by Gasteiger charge is -2.03. The Balaban J connectivity index is 2.31. The zero-order valence-electron chi connectivity index (χ0n) is 8.83. The van der Waals surface area contributed by atoms with Crippen molar-refractivity contribution in [2.75, 3.05) is 5.73 Å². The largest absolute Gasteiger partial charge is 0.384 e. The van der Waals surface area contributed by atoms with Crippen molar-refractivity contribution in [1.82, 2.24) is 14.5 Å². The molecule has 82 valence electrons. The highest BCUT2D eigenvalue weighted by Gasteiger charge is 2.09. The summed E-state index contributed by atoms with van der Waals surface area (Å²) in [6.45, 7) is 0.435. The molecule has 2 aromatic rings. The van der Waals surface area contributed by atoms with Crippen molar-refractivity contribution < 1.29 is 0 Å². The molecular weight excluding hydrogens is 216 g/mol. The molecule has 0 aromatic carbocycles. The molecule has 0 atom stereocenters. The fraction of sp³-hybridized carbons (Fsp3) is 0.0909. The molecule has 2 aromatic heterocycles. The summed E-state index contributed by atoms with van der Waals surface area (Å²) >= 11 is 0. The van der Waals surface area contributed by atoms with Crippen LogP contribution in [0.3, 0.4) is 0 Å². The average molecular weight is 224 g/mol. The Labute approximate surface area is 97.6 Å². The Kier molecular flexibility index (Phi) is 2.71. The third-order valence-electron chi connectivity index (χ3n) is 2.25. The van der Waals surface area contributed by atoms with Gasteiger partial charge in [0.05, 0.1) is 12.9 Å². The molecule has 0 aliphatic carbocycles. The van der Waals surface area contributed by atoms with Crippen LogP contribution in [0.5, 0.6) is 0 Å². The highest BCUT2D eigenvalue weighted by atomic mass is 15.1. The van der Waals surface area contributed by atoms with Crippen LogP contribution in [0.4, 0.5) is 5.82 Å². The van der Waals surface area contributed by atoms with Crippen molar-refractivity contribution in [1.29, 1.82) is 10.5 Å². The molecule has 0 amide bonds. The molecule has 0 aliphatic rings. The maximum Gasteiger partial charge on any atom is 0.176 e. The molecule has 2 rings (SSSR count). The summed E-state index contributed by atoms with van der Waals surface area (Å²) in [7, 11) is 0. The number of hydrogen-bond acceptors (Lipinski definition) is 5. The van der Waals surface area contributed by atoms with E-state index in [1.807, 2.05) is 18.2 Å². The van der Waals surface area contributed by atoms with Gasteiger partial charge in [-0.3, -0.25) is 0 Å². The summed E-state index contributed by atoms with van der Waals surface area (Å²) in [6, 6.07) is 7.33. The molecule has 17 heavy (non-hydrogen) atoms. The molecule has 0 spiro atoms. The number of nitrogens with zero attached hydrogens (tertiary/aromatic N) is 5. The lowest BCUT2D eigenvalue weighted by molar-refractivity contribution is 0.782. The van der Waals surface area contributed by atoms with Crippen LogP contribution in [-0.4, -0.2) is 14.5 Å². The number of hydrogen-bond donors (Lipinski definition) is 1. The molecule has 2 N–H and O–H groups in total. The summed E-state index contributed by atoms with van der Waals surface area (Å²) in [5.41, 5.74) is 6.75. The van der Waals surface area contributed by atoms with Gasteiger partial charge in [-0.05, 0) is 11.6 Å². The lowest BCUT2D eigenvalue weighted by Crippen LogP contribution is -2.02. The van der Waals surface area contributed by atoms with E-state index in [9.17, 15) is 0 Å². The topological polar surface area (TPSA) is 104 Å². The van der Waals surface area contributed by atoms with Crippen LogP contribution in [0.15, 0.2) is 24.7 Å². The van der Waals surface area contributed by atoms with E-state index < -0.39 is 0 Å². The number of nitrogens with two attached hydrogens (primary N) is 1. The number of pyridine rings is 1. The van der Waals surface area contributed by atoms with Crippen molar-refractivity contribution in [3.8, 4) is 12.1 Å². The number of nitriles is 2. The van der Waals surface area contributed by atoms with E-state index in [0.29, 0.717) is 12.4 Å². The first-order chi connectivity index (χ1) is 8.24. The van der Waals surface area contributed by atoms with E-state index in [0.717, 1.165) is 5.56 Å². The molecule has 2 heterocycles. The molecular formula is C11H8N6. The Hall–Kier alpha value is -2.86. The van der Waals surface area contributed by atoms with Crippen molar-refractivity contribution in [3.05, 3.63) is 41.6 Å². The molecule has 0 bridgehead atoms. The third kappa shape index (κ3) is 2.06. The van der Waals surface area contributed by atoms with Crippen LogP contribution >= 0.6 is 0 Å². The first kappa shape index (κ1) is 10.7. The summed E-state index contributed by atoms with van der Waals surface area (Å²) in [4.78, 5) is 7.81. The van der Waals surface area contributed by atoms with E-state index in [1.165, 1.54) is 6.33 Å². The van der Waals surface area contributed by atoms with Crippen LogP contribution in [0.25, 0.3) is 0 Å². The van der Waals surface area contributed by atoms with Gasteiger partial charge in [-0.25, -0.2) is 9.97 Å².